The van der Waals surface area contributed by atoms with Crippen LogP contribution in [0.1, 0.15) is 31.7 Å². The normalized spacial score (nSPS) is 10.8. The highest BCUT2D eigenvalue weighted by atomic mass is 16.2. The summed E-state index contributed by atoms with van der Waals surface area (Å²) in [6.45, 7) is 3.58. The summed E-state index contributed by atoms with van der Waals surface area (Å²) < 4.78 is 2.58. The first kappa shape index (κ1) is 13.7. The number of unbranched alkanes of at least 4 members (excludes halogenated alkanes) is 2. The number of aryl methyl sites for hydroxylation is 1. The van der Waals surface area contributed by atoms with E-state index in [1.807, 2.05) is 0 Å². The number of hydrogen-bond donors (Lipinski definition) is 1. The van der Waals surface area contributed by atoms with Gasteiger partial charge in [-0.25, -0.2) is 4.79 Å². The van der Waals surface area contributed by atoms with Crippen LogP contribution < -0.4 is 16.6 Å². The van der Waals surface area contributed by atoms with Gasteiger partial charge in [0.15, 0.2) is 0 Å². The molecule has 1 aromatic rings. The number of nitrogens with zero attached hydrogens (tertiary/aromatic N) is 2. The van der Waals surface area contributed by atoms with Crippen LogP contribution in [0.4, 0.5) is 0 Å². The highest BCUT2D eigenvalue weighted by Gasteiger charge is 2.05. The van der Waals surface area contributed by atoms with Crippen molar-refractivity contribution < 1.29 is 0 Å². The van der Waals surface area contributed by atoms with E-state index < -0.39 is 0 Å². The lowest BCUT2D eigenvalue weighted by Crippen LogP contribution is -2.39. The lowest BCUT2D eigenvalue weighted by molar-refractivity contribution is 0.597. The van der Waals surface area contributed by atoms with Crippen molar-refractivity contribution in [3.63, 3.8) is 0 Å². The first-order valence-electron chi connectivity index (χ1n) is 6.04. The first-order chi connectivity index (χ1) is 8.07. The van der Waals surface area contributed by atoms with Crippen molar-refractivity contribution in [3.05, 3.63) is 32.6 Å². The Morgan fingerprint density at radius 2 is 1.94 bits per heavy atom. The Balaban J connectivity index is 2.66. The number of hydrogen-bond acceptors (Lipinski definition) is 3. The summed E-state index contributed by atoms with van der Waals surface area (Å²) in [5.74, 6) is 0. The van der Waals surface area contributed by atoms with Gasteiger partial charge in [-0.1, -0.05) is 19.8 Å². The van der Waals surface area contributed by atoms with Crippen molar-refractivity contribution in [3.8, 4) is 0 Å². The predicted octanol–water partition coefficient (Wildman–Crippen LogP) is 0.364. The van der Waals surface area contributed by atoms with Crippen LogP contribution in [0, 0.1) is 0 Å². The van der Waals surface area contributed by atoms with Gasteiger partial charge in [0.1, 0.15) is 0 Å². The minimum atomic E-state index is -0.287. The molecule has 1 heterocycles. The highest BCUT2D eigenvalue weighted by Crippen LogP contribution is 1.92. The zero-order valence-corrected chi connectivity index (χ0v) is 10.8. The van der Waals surface area contributed by atoms with E-state index in [0.29, 0.717) is 12.1 Å². The number of aromatic nitrogens is 2. The molecular weight excluding hydrogens is 218 g/mol. The van der Waals surface area contributed by atoms with E-state index in [1.165, 1.54) is 24.5 Å². The van der Waals surface area contributed by atoms with Gasteiger partial charge in [0.25, 0.3) is 5.56 Å². The standard InChI is InChI=1S/C12H21N3O2/c1-4-5-6-7-13-8-10-9-14(2)12(17)15(3)11(10)16/h9,13H,4-8H2,1-3H3. The van der Waals surface area contributed by atoms with Gasteiger partial charge in [0, 0.05) is 32.4 Å². The van der Waals surface area contributed by atoms with Crippen molar-refractivity contribution >= 4 is 0 Å². The predicted molar refractivity (Wildman–Crippen MR) is 68.2 cm³/mol. The van der Waals surface area contributed by atoms with E-state index in [0.717, 1.165) is 17.5 Å². The molecule has 1 aromatic heterocycles. The molecule has 1 rings (SSSR count). The van der Waals surface area contributed by atoms with Gasteiger partial charge in [-0.2, -0.15) is 0 Å². The summed E-state index contributed by atoms with van der Waals surface area (Å²) >= 11 is 0. The fraction of sp³-hybridized carbons (Fsp3) is 0.667. The highest BCUT2D eigenvalue weighted by molar-refractivity contribution is 5.05. The Morgan fingerprint density at radius 1 is 1.24 bits per heavy atom. The Labute approximate surface area is 101 Å². The van der Waals surface area contributed by atoms with Crippen molar-refractivity contribution in [2.45, 2.75) is 32.7 Å². The first-order valence-corrected chi connectivity index (χ1v) is 6.04. The minimum Gasteiger partial charge on any atom is -0.312 e. The molecule has 17 heavy (non-hydrogen) atoms. The van der Waals surface area contributed by atoms with Gasteiger partial charge in [0.05, 0.1) is 0 Å². The van der Waals surface area contributed by atoms with E-state index >= 15 is 0 Å². The molecule has 96 valence electrons. The summed E-state index contributed by atoms with van der Waals surface area (Å²) in [6.07, 6.45) is 5.10. The van der Waals surface area contributed by atoms with Crippen molar-refractivity contribution in [1.82, 2.24) is 14.5 Å². The van der Waals surface area contributed by atoms with Crippen molar-refractivity contribution in [2.24, 2.45) is 14.1 Å². The Morgan fingerprint density at radius 3 is 2.59 bits per heavy atom. The zero-order chi connectivity index (χ0) is 12.8. The van der Waals surface area contributed by atoms with E-state index in [-0.39, 0.29) is 11.2 Å². The second kappa shape index (κ2) is 6.39. The van der Waals surface area contributed by atoms with Gasteiger partial charge in [-0.15, -0.1) is 0 Å². The number of nitrogens with one attached hydrogen (secondary N) is 1. The second-order valence-electron chi connectivity index (χ2n) is 4.30. The van der Waals surface area contributed by atoms with Crippen molar-refractivity contribution in [1.29, 1.82) is 0 Å². The Bertz CT molecular complexity index is 474. The smallest absolute Gasteiger partial charge is 0.312 e. The molecule has 1 N–H and O–H groups in total. The van der Waals surface area contributed by atoms with E-state index in [2.05, 4.69) is 12.2 Å². The van der Waals surface area contributed by atoms with Crippen LogP contribution in [-0.2, 0) is 20.6 Å². The summed E-state index contributed by atoms with van der Waals surface area (Å²) in [5.41, 5.74) is 0.131. The fourth-order valence-electron chi connectivity index (χ4n) is 1.73. The Kier molecular flexibility index (Phi) is 5.15. The third-order valence-corrected chi connectivity index (χ3v) is 2.79. The van der Waals surface area contributed by atoms with Crippen LogP contribution in [0.15, 0.2) is 15.8 Å². The topological polar surface area (TPSA) is 56.0 Å². The summed E-state index contributed by atoms with van der Waals surface area (Å²) in [5, 5.41) is 3.22. The van der Waals surface area contributed by atoms with Gasteiger partial charge >= 0.3 is 5.69 Å². The summed E-state index contributed by atoms with van der Waals surface area (Å²) in [4.78, 5) is 23.2. The number of rotatable bonds is 6. The van der Waals surface area contributed by atoms with Crippen LogP contribution in [0.2, 0.25) is 0 Å². The maximum Gasteiger partial charge on any atom is 0.330 e. The molecule has 0 aliphatic heterocycles. The van der Waals surface area contributed by atoms with Crippen molar-refractivity contribution in [2.75, 3.05) is 6.54 Å². The maximum atomic E-state index is 11.8. The molecule has 0 aliphatic carbocycles. The molecule has 0 aromatic carbocycles. The second-order valence-corrected chi connectivity index (χ2v) is 4.30. The molecule has 0 spiro atoms. The van der Waals surface area contributed by atoms with E-state index in [1.54, 1.807) is 13.2 Å². The molecule has 0 amide bonds. The molecule has 0 atom stereocenters. The molecule has 0 saturated carbocycles. The molecule has 0 aliphatic rings. The lowest BCUT2D eigenvalue weighted by Gasteiger charge is -2.07. The molecule has 5 heteroatoms. The van der Waals surface area contributed by atoms with Crippen LogP contribution in [-0.4, -0.2) is 15.7 Å². The van der Waals surface area contributed by atoms with E-state index in [9.17, 15) is 9.59 Å². The molecule has 0 bridgehead atoms. The Hall–Kier alpha value is -1.36. The molecular formula is C12H21N3O2. The average molecular weight is 239 g/mol. The van der Waals surface area contributed by atoms with Crippen LogP contribution in [0.3, 0.4) is 0 Å². The summed E-state index contributed by atoms with van der Waals surface area (Å²) in [7, 11) is 3.16. The quantitative estimate of drug-likeness (QED) is 0.729. The van der Waals surface area contributed by atoms with Gasteiger partial charge in [-0.05, 0) is 13.0 Å². The molecule has 0 radical (unpaired) electrons. The van der Waals surface area contributed by atoms with E-state index in [4.69, 9.17) is 0 Å². The largest absolute Gasteiger partial charge is 0.330 e. The van der Waals surface area contributed by atoms with Gasteiger partial charge in [0.2, 0.25) is 0 Å². The van der Waals surface area contributed by atoms with Gasteiger partial charge < -0.3 is 9.88 Å². The van der Waals surface area contributed by atoms with Crippen LogP contribution in [0.5, 0.6) is 0 Å². The van der Waals surface area contributed by atoms with Crippen LogP contribution in [0.25, 0.3) is 0 Å². The van der Waals surface area contributed by atoms with Gasteiger partial charge in [-0.3, -0.25) is 9.36 Å². The monoisotopic (exact) mass is 239 g/mol. The third kappa shape index (κ3) is 3.56. The molecule has 0 unspecified atom stereocenters. The maximum absolute atomic E-state index is 11.8. The fourth-order valence-corrected chi connectivity index (χ4v) is 1.73. The molecule has 0 fully saturated rings. The molecule has 5 nitrogen and oxygen atoms in total. The lowest BCUT2D eigenvalue weighted by atomic mass is 10.2. The molecule has 0 saturated heterocycles. The van der Waals surface area contributed by atoms with Crippen LogP contribution >= 0.6 is 0 Å². The zero-order valence-electron chi connectivity index (χ0n) is 10.8. The minimum absolute atomic E-state index is 0.212. The SMILES string of the molecule is CCCCCNCc1cn(C)c(=O)n(C)c1=O. The average Bonchev–Trinajstić information content (AvgIpc) is 2.32. The third-order valence-electron chi connectivity index (χ3n) is 2.79. The summed E-state index contributed by atoms with van der Waals surface area (Å²) in [6, 6.07) is 0.